The lowest BCUT2D eigenvalue weighted by molar-refractivity contribution is -0.121. The molecule has 2 unspecified atom stereocenters. The number of carbonyl (C=O) groups excluding carboxylic acids is 1. The first-order chi connectivity index (χ1) is 10.0. The van der Waals surface area contributed by atoms with Gasteiger partial charge < -0.3 is 14.6 Å². The Morgan fingerprint density at radius 3 is 2.86 bits per heavy atom. The summed E-state index contributed by atoms with van der Waals surface area (Å²) in [7, 11) is 1.63. The van der Waals surface area contributed by atoms with Crippen molar-refractivity contribution < 1.29 is 14.1 Å². The van der Waals surface area contributed by atoms with Gasteiger partial charge >= 0.3 is 0 Å². The Morgan fingerprint density at radius 1 is 1.52 bits per heavy atom. The van der Waals surface area contributed by atoms with E-state index < -0.39 is 11.4 Å². The largest absolute Gasteiger partial charge is 0.598 e. The molecule has 0 saturated carbocycles. The van der Waals surface area contributed by atoms with Crippen molar-refractivity contribution in [2.24, 2.45) is 0 Å². The van der Waals surface area contributed by atoms with Gasteiger partial charge in [-0.2, -0.15) is 0 Å². The van der Waals surface area contributed by atoms with E-state index in [0.29, 0.717) is 13.0 Å². The van der Waals surface area contributed by atoms with E-state index >= 15 is 0 Å². The zero-order valence-electron chi connectivity index (χ0n) is 13.1. The molecule has 120 valence electrons. The molecule has 0 spiro atoms. The number of hydrogen-bond acceptors (Lipinski definition) is 4. The first-order valence-electron chi connectivity index (χ1n) is 7.38. The number of hydrogen-bond donors (Lipinski definition) is 2. The van der Waals surface area contributed by atoms with Crippen LogP contribution in [-0.4, -0.2) is 35.4 Å². The second-order valence-electron chi connectivity index (χ2n) is 5.28. The summed E-state index contributed by atoms with van der Waals surface area (Å²) in [6.07, 6.45) is 8.70. The fourth-order valence-corrected chi connectivity index (χ4v) is 2.57. The summed E-state index contributed by atoms with van der Waals surface area (Å²) in [6.45, 7) is 4.51. The zero-order valence-corrected chi connectivity index (χ0v) is 13.9. The monoisotopic (exact) mass is 314 g/mol. The maximum absolute atomic E-state index is 11.8. The number of rotatable bonds is 9. The van der Waals surface area contributed by atoms with E-state index in [9.17, 15) is 9.35 Å². The molecule has 2 N–H and O–H groups in total. The van der Waals surface area contributed by atoms with Crippen LogP contribution >= 0.6 is 0 Å². The molecule has 21 heavy (non-hydrogen) atoms. The SMILES string of the molecule is COC1=CCC(NC(=O)CCCCN[S+]([O-])C(C)C)C=C1. The fraction of sp³-hybridized carbons (Fsp3) is 0.667. The van der Waals surface area contributed by atoms with Gasteiger partial charge in [-0.3, -0.25) is 4.79 Å². The number of amides is 1. The highest BCUT2D eigenvalue weighted by Crippen LogP contribution is 2.11. The Labute approximate surface area is 130 Å². The number of allylic oxidation sites excluding steroid dienone is 1. The molecule has 0 aromatic carbocycles. The van der Waals surface area contributed by atoms with Crippen molar-refractivity contribution in [2.45, 2.75) is 50.8 Å². The molecule has 0 heterocycles. The molecule has 1 aliphatic rings. The summed E-state index contributed by atoms with van der Waals surface area (Å²) in [4.78, 5) is 11.8. The summed E-state index contributed by atoms with van der Waals surface area (Å²) >= 11 is -0.974. The number of carbonyl (C=O) groups is 1. The lowest BCUT2D eigenvalue weighted by atomic mass is 10.1. The lowest BCUT2D eigenvalue weighted by Crippen LogP contribution is -2.34. The van der Waals surface area contributed by atoms with Crippen LogP contribution in [-0.2, 0) is 20.9 Å². The molecule has 0 radical (unpaired) electrons. The first kappa shape index (κ1) is 18.1. The number of nitrogens with one attached hydrogen (secondary N) is 2. The number of unbranched alkanes of at least 4 members (excludes halogenated alkanes) is 1. The Morgan fingerprint density at radius 2 is 2.29 bits per heavy atom. The van der Waals surface area contributed by atoms with E-state index in [-0.39, 0.29) is 17.2 Å². The minimum atomic E-state index is -0.974. The van der Waals surface area contributed by atoms with Gasteiger partial charge in [0, 0.05) is 24.3 Å². The van der Waals surface area contributed by atoms with Crippen LogP contribution in [0.5, 0.6) is 0 Å². The molecule has 1 amide bonds. The molecule has 2 atom stereocenters. The smallest absolute Gasteiger partial charge is 0.220 e. The summed E-state index contributed by atoms with van der Waals surface area (Å²) in [5.74, 6) is 0.897. The highest BCUT2D eigenvalue weighted by atomic mass is 32.2. The predicted molar refractivity (Wildman–Crippen MR) is 85.9 cm³/mol. The van der Waals surface area contributed by atoms with Gasteiger partial charge in [0.1, 0.15) is 11.0 Å². The zero-order chi connectivity index (χ0) is 15.7. The molecule has 0 aromatic rings. The normalized spacial score (nSPS) is 19.3. The van der Waals surface area contributed by atoms with Crippen molar-refractivity contribution in [2.75, 3.05) is 13.7 Å². The van der Waals surface area contributed by atoms with Crippen molar-refractivity contribution in [3.63, 3.8) is 0 Å². The Hall–Kier alpha value is -0.980. The van der Waals surface area contributed by atoms with Crippen molar-refractivity contribution in [1.29, 1.82) is 0 Å². The van der Waals surface area contributed by atoms with E-state index in [1.165, 1.54) is 0 Å². The Kier molecular flexibility index (Phi) is 8.49. The first-order valence-corrected chi connectivity index (χ1v) is 8.60. The fourth-order valence-electron chi connectivity index (χ4n) is 1.89. The average Bonchev–Trinajstić information content (AvgIpc) is 2.47. The van der Waals surface area contributed by atoms with E-state index in [1.807, 2.05) is 32.1 Å². The minimum absolute atomic E-state index is 0.0583. The molecular formula is C15H26N2O3S. The van der Waals surface area contributed by atoms with E-state index in [4.69, 9.17) is 4.74 Å². The second kappa shape index (κ2) is 9.87. The summed E-state index contributed by atoms with van der Waals surface area (Å²) in [5.41, 5.74) is 0. The summed E-state index contributed by atoms with van der Waals surface area (Å²) < 4.78 is 19.5. The molecule has 0 saturated heterocycles. The molecular weight excluding hydrogens is 288 g/mol. The van der Waals surface area contributed by atoms with Crippen molar-refractivity contribution >= 4 is 17.3 Å². The maximum Gasteiger partial charge on any atom is 0.220 e. The Balaban J connectivity index is 2.07. The van der Waals surface area contributed by atoms with Crippen molar-refractivity contribution in [3.05, 3.63) is 24.0 Å². The molecule has 0 aliphatic heterocycles. The van der Waals surface area contributed by atoms with Gasteiger partial charge in [-0.05, 0) is 45.3 Å². The lowest BCUT2D eigenvalue weighted by Gasteiger charge is -2.17. The van der Waals surface area contributed by atoms with Gasteiger partial charge in [0.15, 0.2) is 0 Å². The quantitative estimate of drug-likeness (QED) is 0.503. The van der Waals surface area contributed by atoms with Crippen LogP contribution in [0.25, 0.3) is 0 Å². The topological polar surface area (TPSA) is 73.4 Å². The third kappa shape index (κ3) is 7.55. The van der Waals surface area contributed by atoms with Gasteiger partial charge in [0.25, 0.3) is 0 Å². The molecule has 1 aliphatic carbocycles. The molecule has 5 nitrogen and oxygen atoms in total. The maximum atomic E-state index is 11.8. The average molecular weight is 314 g/mol. The van der Waals surface area contributed by atoms with Gasteiger partial charge in [0.05, 0.1) is 13.2 Å². The second-order valence-corrected chi connectivity index (χ2v) is 7.10. The van der Waals surface area contributed by atoms with E-state index in [2.05, 4.69) is 10.0 Å². The van der Waals surface area contributed by atoms with Crippen LogP contribution in [0.1, 0.15) is 39.5 Å². The molecule has 6 heteroatoms. The van der Waals surface area contributed by atoms with Crippen LogP contribution in [0.4, 0.5) is 0 Å². The van der Waals surface area contributed by atoms with Gasteiger partial charge in [0.2, 0.25) is 5.91 Å². The minimum Gasteiger partial charge on any atom is -0.598 e. The van der Waals surface area contributed by atoms with Gasteiger partial charge in [-0.15, -0.1) is 4.72 Å². The number of ether oxygens (including phenoxy) is 1. The van der Waals surface area contributed by atoms with Crippen LogP contribution in [0.2, 0.25) is 0 Å². The van der Waals surface area contributed by atoms with Gasteiger partial charge in [-0.1, -0.05) is 6.08 Å². The van der Waals surface area contributed by atoms with Gasteiger partial charge in [-0.25, -0.2) is 0 Å². The van der Waals surface area contributed by atoms with Crippen LogP contribution in [0.3, 0.4) is 0 Å². The predicted octanol–water partition coefficient (Wildman–Crippen LogP) is 1.79. The van der Waals surface area contributed by atoms with Crippen LogP contribution < -0.4 is 10.0 Å². The summed E-state index contributed by atoms with van der Waals surface area (Å²) in [5, 5.41) is 3.10. The van der Waals surface area contributed by atoms with Crippen LogP contribution in [0, 0.1) is 0 Å². The highest BCUT2D eigenvalue weighted by Gasteiger charge is 2.13. The Bertz CT molecular complexity index is 383. The molecule has 0 bridgehead atoms. The van der Waals surface area contributed by atoms with E-state index in [0.717, 1.165) is 25.0 Å². The third-order valence-corrected chi connectivity index (χ3v) is 4.50. The summed E-state index contributed by atoms with van der Waals surface area (Å²) in [6, 6.07) is 0.0583. The molecule has 0 aromatic heterocycles. The number of methoxy groups -OCH3 is 1. The van der Waals surface area contributed by atoms with Crippen LogP contribution in [0.15, 0.2) is 24.0 Å². The van der Waals surface area contributed by atoms with Crippen molar-refractivity contribution in [3.8, 4) is 0 Å². The van der Waals surface area contributed by atoms with Crippen molar-refractivity contribution in [1.82, 2.24) is 10.0 Å². The molecule has 0 fully saturated rings. The standard InChI is InChI=1S/C15H26N2O3S/c1-12(2)21(19)16-11-5-4-6-15(18)17-13-7-9-14(20-3)10-8-13/h7,9-10,12-13,16H,4-6,8,11H2,1-3H3,(H,17,18). The highest BCUT2D eigenvalue weighted by molar-refractivity contribution is 7.90. The third-order valence-electron chi connectivity index (χ3n) is 3.15. The van der Waals surface area contributed by atoms with E-state index in [1.54, 1.807) is 7.11 Å². The molecule has 1 rings (SSSR count).